The Morgan fingerprint density at radius 1 is 1.00 bits per heavy atom. The van der Waals surface area contributed by atoms with Crippen LogP contribution < -0.4 is 10.6 Å². The fourth-order valence-electron chi connectivity index (χ4n) is 0.519. The maximum Gasteiger partial charge on any atom is 0.328 e. The van der Waals surface area contributed by atoms with Gasteiger partial charge in [-0.15, -0.1) is 12.4 Å². The zero-order valence-corrected chi connectivity index (χ0v) is 8.66. The molecule has 0 aromatic rings. The first-order valence-electron chi connectivity index (χ1n) is 2.32. The molecule has 5 nitrogen and oxygen atoms in total. The minimum absolute atomic E-state index is 0. The van der Waals surface area contributed by atoms with Gasteiger partial charge in [-0.2, -0.15) is 0 Å². The molecule has 1 aliphatic heterocycles. The summed E-state index contributed by atoms with van der Waals surface area (Å²) in [7, 11) is 0. The van der Waals surface area contributed by atoms with Crippen LogP contribution in [0, 0.1) is 0 Å². The first kappa shape index (κ1) is 13.5. The summed E-state index contributed by atoms with van der Waals surface area (Å²) in [4.78, 5) is 30.8. The summed E-state index contributed by atoms with van der Waals surface area (Å²) >= 11 is 0. The van der Waals surface area contributed by atoms with E-state index >= 15 is 0 Å². The van der Waals surface area contributed by atoms with Gasteiger partial charge < -0.3 is 0 Å². The molecule has 57 valence electrons. The number of carbonyl (C=O) groups excluding carboxylic acids is 3. The first-order valence-corrected chi connectivity index (χ1v) is 2.32. The third-order valence-electron chi connectivity index (χ3n) is 0.827. The van der Waals surface area contributed by atoms with Gasteiger partial charge in [-0.3, -0.25) is 20.2 Å². The summed E-state index contributed by atoms with van der Waals surface area (Å²) in [6.07, 6.45) is -0.258. The Morgan fingerprint density at radius 3 is 1.64 bits per heavy atom. The molecule has 4 amide bonds. The molecule has 1 heterocycles. The van der Waals surface area contributed by atoms with Gasteiger partial charge in [-0.1, -0.05) is 0 Å². The molecule has 7 heteroatoms. The van der Waals surface area contributed by atoms with Gasteiger partial charge in [-0.05, 0) is 0 Å². The average molecular weight is 188 g/mol. The van der Waals surface area contributed by atoms with E-state index in [1.54, 1.807) is 0 Å². The molecular weight excluding hydrogens is 182 g/mol. The van der Waals surface area contributed by atoms with Crippen LogP contribution in [-0.2, 0) is 9.59 Å². The molecule has 1 aliphatic rings. The van der Waals surface area contributed by atoms with Crippen molar-refractivity contribution in [1.29, 1.82) is 0 Å². The minimum atomic E-state index is -0.740. The van der Waals surface area contributed by atoms with Crippen molar-refractivity contribution in [1.82, 2.24) is 10.6 Å². The molecule has 0 saturated carbocycles. The van der Waals surface area contributed by atoms with Crippen LogP contribution in [0.4, 0.5) is 4.79 Å². The maximum absolute atomic E-state index is 10.3. The molecule has 0 unspecified atom stereocenters. The third kappa shape index (κ3) is 4.36. The van der Waals surface area contributed by atoms with Crippen LogP contribution in [0.2, 0.25) is 0 Å². The van der Waals surface area contributed by atoms with Crippen LogP contribution in [0.15, 0.2) is 0 Å². The van der Waals surface area contributed by atoms with Gasteiger partial charge in [0.25, 0.3) is 0 Å². The Kier molecular flexibility index (Phi) is 6.79. The van der Waals surface area contributed by atoms with E-state index in [1.807, 2.05) is 10.6 Å². The molecule has 2 N–H and O–H groups in total. The van der Waals surface area contributed by atoms with Gasteiger partial charge in [0.15, 0.2) is 0 Å². The summed E-state index contributed by atoms with van der Waals surface area (Å²) in [6, 6.07) is -0.740. The van der Waals surface area contributed by atoms with Gasteiger partial charge in [0.05, 0.1) is 0 Å². The molecular formula is C4H5ClN2NaO3. The Hall–Kier alpha value is -0.100. The number of hydrogen-bond donors (Lipinski definition) is 2. The van der Waals surface area contributed by atoms with E-state index in [2.05, 4.69) is 0 Å². The van der Waals surface area contributed by atoms with Crippen LogP contribution >= 0.6 is 12.4 Å². The van der Waals surface area contributed by atoms with Crippen LogP contribution in [0.25, 0.3) is 0 Å². The zero-order chi connectivity index (χ0) is 6.85. The second-order valence-electron chi connectivity index (χ2n) is 1.60. The number of urea groups is 1. The number of imide groups is 2. The van der Waals surface area contributed by atoms with Gasteiger partial charge >= 0.3 is 6.03 Å². The first-order chi connectivity index (χ1) is 4.18. The fraction of sp³-hybridized carbons (Fsp3) is 0.250. The Balaban J connectivity index is 0. The molecule has 0 aliphatic carbocycles. The molecule has 0 spiro atoms. The summed E-state index contributed by atoms with van der Waals surface area (Å²) in [5.41, 5.74) is 0. The second-order valence-corrected chi connectivity index (χ2v) is 1.60. The quantitative estimate of drug-likeness (QED) is 0.369. The number of nitrogens with one attached hydrogen (secondary N) is 2. The monoisotopic (exact) mass is 187 g/mol. The molecule has 0 aromatic carbocycles. The maximum atomic E-state index is 10.3. The predicted octanol–water partition coefficient (Wildman–Crippen LogP) is -1.22. The fourth-order valence-corrected chi connectivity index (χ4v) is 0.519. The van der Waals surface area contributed by atoms with Gasteiger partial charge in [0.1, 0.15) is 6.42 Å². The normalized spacial score (nSPS) is 15.5. The molecule has 1 saturated heterocycles. The number of hydrogen-bond acceptors (Lipinski definition) is 3. The third-order valence-corrected chi connectivity index (χ3v) is 0.827. The van der Waals surface area contributed by atoms with Crippen molar-refractivity contribution >= 4 is 59.8 Å². The number of barbiturate groups is 1. The Morgan fingerprint density at radius 2 is 1.36 bits per heavy atom. The van der Waals surface area contributed by atoms with E-state index in [9.17, 15) is 14.4 Å². The average Bonchev–Trinajstić information content (AvgIpc) is 1.59. The number of amides is 4. The number of halogens is 1. The molecule has 1 radical (unpaired) electrons. The molecule has 1 fully saturated rings. The molecule has 11 heavy (non-hydrogen) atoms. The molecule has 1 rings (SSSR count). The zero-order valence-electron chi connectivity index (χ0n) is 5.84. The van der Waals surface area contributed by atoms with Gasteiger partial charge in [0.2, 0.25) is 11.8 Å². The van der Waals surface area contributed by atoms with E-state index in [4.69, 9.17) is 0 Å². The SMILES string of the molecule is Cl.O=C1CC(=O)NC(=O)N1.[Na]. The minimum Gasteiger partial charge on any atom is -0.277 e. The van der Waals surface area contributed by atoms with Crippen molar-refractivity contribution in [3.63, 3.8) is 0 Å². The van der Waals surface area contributed by atoms with E-state index in [1.165, 1.54) is 0 Å². The summed E-state index contributed by atoms with van der Waals surface area (Å²) < 4.78 is 0. The van der Waals surface area contributed by atoms with Crippen molar-refractivity contribution in [2.24, 2.45) is 0 Å². The van der Waals surface area contributed by atoms with E-state index in [0.29, 0.717) is 0 Å². The van der Waals surface area contributed by atoms with E-state index in [0.717, 1.165) is 0 Å². The van der Waals surface area contributed by atoms with Crippen LogP contribution in [0.3, 0.4) is 0 Å². The van der Waals surface area contributed by atoms with Crippen LogP contribution in [-0.4, -0.2) is 47.4 Å². The van der Waals surface area contributed by atoms with Crippen molar-refractivity contribution in [3.8, 4) is 0 Å². The van der Waals surface area contributed by atoms with Crippen molar-refractivity contribution in [3.05, 3.63) is 0 Å². The van der Waals surface area contributed by atoms with Crippen molar-refractivity contribution < 1.29 is 14.4 Å². The van der Waals surface area contributed by atoms with Crippen molar-refractivity contribution in [2.45, 2.75) is 6.42 Å². The molecule has 0 bridgehead atoms. The van der Waals surface area contributed by atoms with Gasteiger partial charge in [0, 0.05) is 29.6 Å². The van der Waals surface area contributed by atoms with Crippen molar-refractivity contribution in [2.75, 3.05) is 0 Å². The Bertz CT molecular complexity index is 150. The number of rotatable bonds is 0. The number of carbonyl (C=O) groups is 3. The molecule has 0 aromatic heterocycles. The van der Waals surface area contributed by atoms with E-state index < -0.39 is 17.8 Å². The summed E-state index contributed by atoms with van der Waals surface area (Å²) in [6.45, 7) is 0. The summed E-state index contributed by atoms with van der Waals surface area (Å²) in [5, 5.41) is 3.80. The van der Waals surface area contributed by atoms with Crippen LogP contribution in [0.1, 0.15) is 6.42 Å². The topological polar surface area (TPSA) is 75.3 Å². The second kappa shape index (κ2) is 5.54. The molecule has 0 atom stereocenters. The predicted molar refractivity (Wildman–Crippen MR) is 39.3 cm³/mol. The summed E-state index contributed by atoms with van der Waals surface area (Å²) in [5.74, 6) is -1.10. The largest absolute Gasteiger partial charge is 0.328 e. The van der Waals surface area contributed by atoms with Gasteiger partial charge in [-0.25, -0.2) is 4.79 Å². The Labute approximate surface area is 91.0 Å². The van der Waals surface area contributed by atoms with Crippen LogP contribution in [0.5, 0.6) is 0 Å². The standard InChI is InChI=1S/C4H4N2O3.ClH.Na/c7-2-1-3(8)6-4(9)5-2;;/h1H2,(H2,5,6,7,8,9);1H;. The van der Waals surface area contributed by atoms with E-state index in [-0.39, 0.29) is 48.4 Å². The smallest absolute Gasteiger partial charge is 0.277 e.